The van der Waals surface area contributed by atoms with E-state index in [9.17, 15) is 4.79 Å². The number of hydrogen-bond acceptors (Lipinski definition) is 8. The van der Waals surface area contributed by atoms with Gasteiger partial charge in [-0.25, -0.2) is 4.98 Å². The largest absolute Gasteiger partial charge is 0.402 e. The zero-order valence-corrected chi connectivity index (χ0v) is 18.4. The van der Waals surface area contributed by atoms with Crippen LogP contribution in [0, 0.1) is 5.41 Å². The second-order valence-corrected chi connectivity index (χ2v) is 8.59. The molecule has 9 heteroatoms. The molecule has 160 valence electrons. The number of carbonyl (C=O) groups is 1. The predicted molar refractivity (Wildman–Crippen MR) is 126 cm³/mol. The molecule has 0 fully saturated rings. The van der Waals surface area contributed by atoms with Crippen LogP contribution in [-0.4, -0.2) is 46.9 Å². The van der Waals surface area contributed by atoms with Crippen molar-refractivity contribution in [1.82, 2.24) is 14.6 Å². The zero-order valence-electron chi connectivity index (χ0n) is 17.6. The van der Waals surface area contributed by atoms with Gasteiger partial charge < -0.3 is 21.0 Å². The van der Waals surface area contributed by atoms with Crippen LogP contribution in [-0.2, 0) is 26.4 Å². The van der Waals surface area contributed by atoms with Crippen LogP contribution in [0.5, 0.6) is 0 Å². The van der Waals surface area contributed by atoms with Gasteiger partial charge in [0.1, 0.15) is 5.01 Å². The van der Waals surface area contributed by atoms with Crippen LogP contribution in [0.1, 0.15) is 32.2 Å². The van der Waals surface area contributed by atoms with Crippen molar-refractivity contribution in [3.63, 3.8) is 0 Å². The van der Waals surface area contributed by atoms with Gasteiger partial charge in [0.2, 0.25) is 0 Å². The number of carbonyl (C=O) groups excluding carboxylic acids is 1. The van der Waals surface area contributed by atoms with Gasteiger partial charge in [-0.1, -0.05) is 12.1 Å². The van der Waals surface area contributed by atoms with E-state index in [4.69, 9.17) is 11.1 Å². The summed E-state index contributed by atoms with van der Waals surface area (Å²) >= 11 is 1.50. The lowest BCUT2D eigenvalue weighted by atomic mass is 10.1. The first-order valence-electron chi connectivity index (χ1n) is 10.00. The van der Waals surface area contributed by atoms with Crippen LogP contribution < -0.4 is 11.1 Å². The molecule has 0 bridgehead atoms. The van der Waals surface area contributed by atoms with E-state index < -0.39 is 0 Å². The fraction of sp³-hybridized carbons (Fsp3) is 0.273. The van der Waals surface area contributed by atoms with Crippen molar-refractivity contribution in [3.8, 4) is 0 Å². The van der Waals surface area contributed by atoms with Crippen LogP contribution in [0.3, 0.4) is 0 Å². The lowest BCUT2D eigenvalue weighted by Crippen LogP contribution is -2.12. The van der Waals surface area contributed by atoms with Gasteiger partial charge in [0.15, 0.2) is 11.9 Å². The number of aldehydes is 1. The molecule has 3 aromatic rings. The predicted octanol–water partition coefficient (Wildman–Crippen LogP) is 2.92. The third-order valence-corrected chi connectivity index (χ3v) is 6.44. The summed E-state index contributed by atoms with van der Waals surface area (Å²) in [5.41, 5.74) is 12.4. The number of hydrazone groups is 1. The minimum Gasteiger partial charge on any atom is -0.402 e. The first kappa shape index (κ1) is 20.8. The second-order valence-electron chi connectivity index (χ2n) is 7.50. The molecule has 1 aliphatic rings. The Kier molecular flexibility index (Phi) is 5.85. The van der Waals surface area contributed by atoms with E-state index in [2.05, 4.69) is 33.6 Å². The average Bonchev–Trinajstić information content (AvgIpc) is 3.43. The molecule has 0 amide bonds. The van der Waals surface area contributed by atoms with Gasteiger partial charge in [-0.3, -0.25) is 9.80 Å². The number of nitrogens with one attached hydrogen (secondary N) is 2. The number of thiazole rings is 1. The van der Waals surface area contributed by atoms with E-state index in [1.165, 1.54) is 34.4 Å². The average molecular weight is 436 g/mol. The van der Waals surface area contributed by atoms with Crippen LogP contribution in [0.15, 0.2) is 35.1 Å². The smallest absolute Gasteiger partial charge is 0.167 e. The van der Waals surface area contributed by atoms with E-state index in [0.29, 0.717) is 24.4 Å². The number of anilines is 1. The van der Waals surface area contributed by atoms with Crippen LogP contribution in [0.2, 0.25) is 0 Å². The van der Waals surface area contributed by atoms with Gasteiger partial charge >= 0.3 is 0 Å². The van der Waals surface area contributed by atoms with Crippen molar-refractivity contribution < 1.29 is 4.79 Å². The van der Waals surface area contributed by atoms with Gasteiger partial charge in [0, 0.05) is 50.2 Å². The Bertz CT molecular complexity index is 1200. The van der Waals surface area contributed by atoms with Crippen molar-refractivity contribution >= 4 is 46.1 Å². The van der Waals surface area contributed by atoms with Crippen LogP contribution >= 0.6 is 11.3 Å². The molecule has 1 aliphatic heterocycles. The molecule has 0 saturated carbocycles. The van der Waals surface area contributed by atoms with Gasteiger partial charge in [0.25, 0.3) is 0 Å². The van der Waals surface area contributed by atoms with Crippen LogP contribution in [0.4, 0.5) is 5.69 Å². The van der Waals surface area contributed by atoms with E-state index in [1.807, 2.05) is 19.1 Å². The number of aryl methyl sites for hydroxylation is 1. The Balaban J connectivity index is 1.60. The molecule has 4 rings (SSSR count). The Morgan fingerprint density at radius 1 is 1.48 bits per heavy atom. The van der Waals surface area contributed by atoms with Crippen molar-refractivity contribution in [2.45, 2.75) is 19.4 Å². The Hall–Kier alpha value is -3.46. The fourth-order valence-corrected chi connectivity index (χ4v) is 5.01. The second kappa shape index (κ2) is 8.73. The zero-order chi connectivity index (χ0) is 22.0. The Morgan fingerprint density at radius 3 is 3.10 bits per heavy atom. The van der Waals surface area contributed by atoms with Gasteiger partial charge in [0.05, 0.1) is 23.2 Å². The molecule has 4 N–H and O–H groups in total. The molecular formula is C22H25N7OS. The molecule has 0 aliphatic carbocycles. The summed E-state index contributed by atoms with van der Waals surface area (Å²) in [7, 11) is 3.76. The summed E-state index contributed by atoms with van der Waals surface area (Å²) in [6, 6.07) is 6.31. The van der Waals surface area contributed by atoms with Gasteiger partial charge in [-0.15, -0.1) is 11.3 Å². The maximum atomic E-state index is 11.7. The first-order chi connectivity index (χ1) is 15.0. The highest BCUT2D eigenvalue weighted by Crippen LogP contribution is 2.30. The Morgan fingerprint density at radius 2 is 2.32 bits per heavy atom. The highest BCUT2D eigenvalue weighted by molar-refractivity contribution is 7.19. The summed E-state index contributed by atoms with van der Waals surface area (Å²) in [5, 5.41) is 17.9. The quantitative estimate of drug-likeness (QED) is 0.286. The van der Waals surface area contributed by atoms with E-state index in [0.717, 1.165) is 40.2 Å². The standard InChI is InChI=1S/C22H25N7OS/c1-28(12-14-4-3-5-18-16(14)7-9-25-18)26-11-17-19(13-30)29(2)22-21(17)31-20(27-22)10-15(24)6-8-23/h3-6,8,11,13,23,25H,7,9-10,12,24H2,1-2H3/b15-6?,23-8?,26-11-. The summed E-state index contributed by atoms with van der Waals surface area (Å²) in [6.07, 6.45) is 6.79. The topological polar surface area (TPSA) is 112 Å². The molecule has 0 atom stereocenters. The highest BCUT2D eigenvalue weighted by Gasteiger charge is 2.19. The third kappa shape index (κ3) is 4.09. The van der Waals surface area contributed by atoms with Crippen molar-refractivity contribution in [2.24, 2.45) is 17.9 Å². The lowest BCUT2D eigenvalue weighted by Gasteiger charge is -2.15. The monoisotopic (exact) mass is 435 g/mol. The lowest BCUT2D eigenvalue weighted by molar-refractivity contribution is 0.111. The first-order valence-corrected chi connectivity index (χ1v) is 10.8. The number of aromatic nitrogens is 2. The Labute approximate surface area is 184 Å². The summed E-state index contributed by atoms with van der Waals surface area (Å²) in [6.45, 7) is 1.66. The molecule has 1 aromatic carbocycles. The maximum Gasteiger partial charge on any atom is 0.167 e. The summed E-state index contributed by atoms with van der Waals surface area (Å²) in [4.78, 5) is 16.4. The number of rotatable bonds is 8. The van der Waals surface area contributed by atoms with Gasteiger partial charge in [-0.05, 0) is 29.7 Å². The number of fused-ring (bicyclic) bond motifs is 2. The number of hydrogen-bond donors (Lipinski definition) is 3. The molecule has 3 heterocycles. The minimum atomic E-state index is 0.467. The number of benzene rings is 1. The van der Waals surface area contributed by atoms with Crippen molar-refractivity contribution in [3.05, 3.63) is 57.4 Å². The van der Waals surface area contributed by atoms with E-state index in [-0.39, 0.29) is 0 Å². The summed E-state index contributed by atoms with van der Waals surface area (Å²) < 4.78 is 2.69. The molecule has 0 spiro atoms. The molecular weight excluding hydrogens is 410 g/mol. The number of nitrogens with zero attached hydrogens (tertiary/aromatic N) is 4. The molecule has 8 nitrogen and oxygen atoms in total. The number of nitrogens with two attached hydrogens (primary N) is 1. The molecule has 0 saturated heterocycles. The number of allylic oxidation sites excluding steroid dienone is 2. The van der Waals surface area contributed by atoms with E-state index in [1.54, 1.807) is 16.9 Å². The highest BCUT2D eigenvalue weighted by atomic mass is 32.1. The van der Waals surface area contributed by atoms with Gasteiger partial charge in [-0.2, -0.15) is 5.10 Å². The van der Waals surface area contributed by atoms with E-state index >= 15 is 0 Å². The molecule has 0 unspecified atom stereocenters. The maximum absolute atomic E-state index is 11.7. The normalized spacial score (nSPS) is 13.5. The SMILES string of the molecule is CN(Cc1cccc2c1CCN2)/N=C\c1c(C=O)n(C)c2nc(CC(N)=CC=N)sc12. The molecule has 31 heavy (non-hydrogen) atoms. The minimum absolute atomic E-state index is 0.467. The molecule has 0 radical (unpaired) electrons. The summed E-state index contributed by atoms with van der Waals surface area (Å²) in [5.74, 6) is 0. The third-order valence-electron chi connectivity index (χ3n) is 5.36. The molecule has 2 aromatic heterocycles. The fourth-order valence-electron chi connectivity index (χ4n) is 3.86. The van der Waals surface area contributed by atoms with Crippen LogP contribution in [0.25, 0.3) is 10.3 Å². The van der Waals surface area contributed by atoms with Crippen molar-refractivity contribution in [2.75, 3.05) is 18.9 Å². The van der Waals surface area contributed by atoms with Crippen molar-refractivity contribution in [1.29, 1.82) is 5.41 Å².